The maximum Gasteiger partial charge on any atom is 0.251 e. The third-order valence-electron chi connectivity index (χ3n) is 6.01. The standard InChI is InChI=1S/C30H35N3O2S/c1-19-10-8-11-20(2)28(19)25(31)17-27(32)35-26(23-14-6-7-15-24(23)30(3,4)5)18-33-29(34)21-12-9-13-22(36)16-21/h6-17,26,32,36H,18,31H2,1-5H3,(H,33,34)/p+1/b25-17-,32-27?. The molecule has 0 radical (unpaired) electrons. The summed E-state index contributed by atoms with van der Waals surface area (Å²) >= 11 is 3.47. The van der Waals surface area contributed by atoms with Crippen molar-refractivity contribution in [3.63, 3.8) is 0 Å². The van der Waals surface area contributed by atoms with Gasteiger partial charge < -0.3 is 15.8 Å². The van der Waals surface area contributed by atoms with Gasteiger partial charge in [0, 0.05) is 29.0 Å². The van der Waals surface area contributed by atoms with Gasteiger partial charge in [0.25, 0.3) is 5.91 Å². The van der Waals surface area contributed by atoms with Crippen molar-refractivity contribution >= 4 is 30.1 Å². The van der Waals surface area contributed by atoms with Crippen LogP contribution in [0.5, 0.6) is 0 Å². The highest BCUT2D eigenvalue weighted by atomic mass is 32.1. The second kappa shape index (κ2) is 11.5. The maximum atomic E-state index is 12.9. The molecule has 188 valence electrons. The molecule has 1 unspecified atom stereocenters. The Morgan fingerprint density at radius 2 is 1.69 bits per heavy atom. The molecular weight excluding hydrogens is 466 g/mol. The monoisotopic (exact) mass is 502 g/mol. The lowest BCUT2D eigenvalue weighted by Gasteiger charge is -2.28. The number of carbonyl (C=O) groups excluding carboxylic acids is 1. The highest BCUT2D eigenvalue weighted by Crippen LogP contribution is 2.31. The third-order valence-corrected chi connectivity index (χ3v) is 6.33. The number of nitrogens with two attached hydrogens (primary N) is 1. The minimum atomic E-state index is -0.578. The zero-order valence-electron chi connectivity index (χ0n) is 21.6. The summed E-state index contributed by atoms with van der Waals surface area (Å²) in [5.74, 6) is -0.283. The van der Waals surface area contributed by atoms with E-state index in [-0.39, 0.29) is 23.8 Å². The number of hydrogen-bond donors (Lipinski definition) is 3. The number of rotatable bonds is 7. The van der Waals surface area contributed by atoms with E-state index >= 15 is 0 Å². The van der Waals surface area contributed by atoms with E-state index in [0.717, 1.165) is 32.7 Å². The molecule has 6 heteroatoms. The van der Waals surface area contributed by atoms with Gasteiger partial charge in [0.2, 0.25) is 5.90 Å². The summed E-state index contributed by atoms with van der Waals surface area (Å²) in [7, 11) is 0. The molecule has 3 aromatic rings. The Morgan fingerprint density at radius 1 is 1.06 bits per heavy atom. The van der Waals surface area contributed by atoms with Crippen LogP contribution in [0.25, 0.3) is 5.70 Å². The summed E-state index contributed by atoms with van der Waals surface area (Å²) in [6.07, 6.45) is 0.961. The molecular formula is C30H36N3O2S+. The van der Waals surface area contributed by atoms with Crippen molar-refractivity contribution in [1.82, 2.24) is 5.32 Å². The Balaban J connectivity index is 1.90. The molecule has 0 saturated carbocycles. The van der Waals surface area contributed by atoms with Crippen molar-refractivity contribution in [2.75, 3.05) is 6.54 Å². The highest BCUT2D eigenvalue weighted by molar-refractivity contribution is 7.58. The molecule has 0 aromatic heterocycles. The predicted molar refractivity (Wildman–Crippen MR) is 152 cm³/mol. The molecule has 0 spiro atoms. The molecule has 3 aromatic carbocycles. The Labute approximate surface area is 219 Å². The van der Waals surface area contributed by atoms with Crippen LogP contribution in [0.3, 0.4) is 0 Å². The Morgan fingerprint density at radius 3 is 2.33 bits per heavy atom. The first kappa shape index (κ1) is 27.1. The van der Waals surface area contributed by atoms with Crippen LogP contribution >= 0.6 is 0 Å². The lowest BCUT2D eigenvalue weighted by molar-refractivity contribution is 0.0922. The normalized spacial score (nSPS) is 12.7. The zero-order chi connectivity index (χ0) is 26.5. The molecule has 0 fully saturated rings. The zero-order valence-corrected chi connectivity index (χ0v) is 22.6. The minimum Gasteiger partial charge on any atom is -0.468 e. The molecule has 5 nitrogen and oxygen atoms in total. The van der Waals surface area contributed by atoms with Crippen LogP contribution in [0.2, 0.25) is 0 Å². The lowest BCUT2D eigenvalue weighted by Crippen LogP contribution is -2.31. The smallest absolute Gasteiger partial charge is 0.251 e. The number of amides is 1. The number of aryl methyl sites for hydroxylation is 2. The predicted octanol–water partition coefficient (Wildman–Crippen LogP) is 5.44. The van der Waals surface area contributed by atoms with Crippen molar-refractivity contribution < 1.29 is 9.53 Å². The van der Waals surface area contributed by atoms with Gasteiger partial charge in [-0.1, -0.05) is 69.3 Å². The molecule has 4 N–H and O–H groups in total. The number of hydrogen-bond acceptors (Lipinski definition) is 4. The molecule has 3 rings (SSSR count). The van der Waals surface area contributed by atoms with Crippen molar-refractivity contribution in [1.29, 1.82) is 5.41 Å². The van der Waals surface area contributed by atoms with Gasteiger partial charge in [0.15, 0.2) is 4.90 Å². The number of carbonyl (C=O) groups is 1. The van der Waals surface area contributed by atoms with Gasteiger partial charge in [-0.2, -0.15) is 0 Å². The van der Waals surface area contributed by atoms with Gasteiger partial charge in [-0.15, -0.1) is 0 Å². The molecule has 36 heavy (non-hydrogen) atoms. The van der Waals surface area contributed by atoms with E-state index < -0.39 is 6.10 Å². The van der Waals surface area contributed by atoms with Crippen LogP contribution in [0.15, 0.2) is 77.7 Å². The Bertz CT molecular complexity index is 1270. The van der Waals surface area contributed by atoms with Gasteiger partial charge in [0.1, 0.15) is 6.10 Å². The highest BCUT2D eigenvalue weighted by Gasteiger charge is 2.25. The van der Waals surface area contributed by atoms with Gasteiger partial charge in [-0.05, 0) is 66.3 Å². The average molecular weight is 503 g/mol. The van der Waals surface area contributed by atoms with Crippen molar-refractivity contribution in [3.8, 4) is 0 Å². The fraction of sp³-hybridized carbons (Fsp3) is 0.267. The minimum absolute atomic E-state index is 0.0692. The number of benzene rings is 3. The lowest BCUT2D eigenvalue weighted by atomic mass is 9.82. The largest absolute Gasteiger partial charge is 0.468 e. The van der Waals surface area contributed by atoms with E-state index in [1.165, 1.54) is 6.08 Å². The fourth-order valence-corrected chi connectivity index (χ4v) is 4.55. The van der Waals surface area contributed by atoms with Crippen LogP contribution in [0.1, 0.15) is 65.1 Å². The second-order valence-electron chi connectivity index (χ2n) is 9.97. The first-order valence-electron chi connectivity index (χ1n) is 12.0. The van der Waals surface area contributed by atoms with Crippen molar-refractivity contribution in [2.45, 2.75) is 51.0 Å². The van der Waals surface area contributed by atoms with Gasteiger partial charge in [-0.3, -0.25) is 10.2 Å². The molecule has 1 amide bonds. The molecule has 1 atom stereocenters. The summed E-state index contributed by atoms with van der Waals surface area (Å²) in [6, 6.07) is 21.2. The van der Waals surface area contributed by atoms with Crippen LogP contribution < -0.4 is 11.1 Å². The SMILES string of the molecule is Cc1cccc(C)c1/C(N)=C/C(=N)OC(CNC(=O)c1cccc([SH2+])c1)c1ccccc1C(C)(C)C. The van der Waals surface area contributed by atoms with E-state index in [4.69, 9.17) is 15.9 Å². The van der Waals surface area contributed by atoms with E-state index in [0.29, 0.717) is 11.3 Å². The van der Waals surface area contributed by atoms with Crippen LogP contribution in [0, 0.1) is 19.3 Å². The molecule has 0 aliphatic rings. The van der Waals surface area contributed by atoms with Crippen LogP contribution in [-0.2, 0) is 22.8 Å². The quantitative estimate of drug-likeness (QED) is 0.228. The van der Waals surface area contributed by atoms with Gasteiger partial charge in [-0.25, -0.2) is 0 Å². The summed E-state index contributed by atoms with van der Waals surface area (Å²) in [4.78, 5) is 13.7. The van der Waals surface area contributed by atoms with Gasteiger partial charge >= 0.3 is 0 Å². The topological polar surface area (TPSA) is 88.2 Å². The molecule has 0 aliphatic carbocycles. The third kappa shape index (κ3) is 6.79. The maximum absolute atomic E-state index is 12.9. The molecule has 0 heterocycles. The summed E-state index contributed by atoms with van der Waals surface area (Å²) in [5, 5.41) is 11.6. The first-order chi connectivity index (χ1) is 17.0. The van der Waals surface area contributed by atoms with Gasteiger partial charge in [0.05, 0.1) is 6.54 Å². The van der Waals surface area contributed by atoms with Crippen LogP contribution in [-0.4, -0.2) is 18.3 Å². The fourth-order valence-electron chi connectivity index (χ4n) is 4.29. The summed E-state index contributed by atoms with van der Waals surface area (Å²) in [6.45, 7) is 10.6. The van der Waals surface area contributed by atoms with E-state index in [2.05, 4.69) is 44.8 Å². The number of nitrogens with one attached hydrogen (secondary N) is 2. The Kier molecular flexibility index (Phi) is 8.64. The Hall–Kier alpha value is -3.51. The number of ether oxygens (including phenoxy) is 1. The second-order valence-corrected chi connectivity index (χ2v) is 10.5. The van der Waals surface area contributed by atoms with Crippen molar-refractivity contribution in [3.05, 3.63) is 106 Å². The van der Waals surface area contributed by atoms with Crippen LogP contribution in [0.4, 0.5) is 0 Å². The summed E-state index contributed by atoms with van der Waals surface area (Å²) < 4.78 is 6.16. The first-order valence-corrected chi connectivity index (χ1v) is 12.5. The average Bonchev–Trinajstić information content (AvgIpc) is 2.80. The van der Waals surface area contributed by atoms with E-state index in [9.17, 15) is 4.79 Å². The summed E-state index contributed by atoms with van der Waals surface area (Å²) in [5.41, 5.74) is 12.2. The molecule has 0 saturated heterocycles. The molecule has 0 aliphatic heterocycles. The van der Waals surface area contributed by atoms with E-state index in [1.807, 2.05) is 62.4 Å². The van der Waals surface area contributed by atoms with E-state index in [1.54, 1.807) is 12.1 Å². The van der Waals surface area contributed by atoms with Crippen molar-refractivity contribution in [2.24, 2.45) is 5.73 Å². The molecule has 0 bridgehead atoms.